The Hall–Kier alpha value is -1.68. The van der Waals surface area contributed by atoms with Crippen molar-refractivity contribution in [2.75, 3.05) is 6.54 Å². The third kappa shape index (κ3) is 2.43. The first-order chi connectivity index (χ1) is 8.61. The molecule has 2 unspecified atom stereocenters. The van der Waals surface area contributed by atoms with Crippen LogP contribution in [-0.2, 0) is 4.79 Å². The van der Waals surface area contributed by atoms with Gasteiger partial charge in [-0.1, -0.05) is 30.3 Å². The zero-order valence-corrected chi connectivity index (χ0v) is 10.5. The van der Waals surface area contributed by atoms with Gasteiger partial charge in [0.15, 0.2) is 5.78 Å². The van der Waals surface area contributed by atoms with Crippen LogP contribution in [0, 0.1) is 0 Å². The van der Waals surface area contributed by atoms with E-state index in [1.165, 1.54) is 0 Å². The number of primary amides is 1. The number of benzene rings is 1. The summed E-state index contributed by atoms with van der Waals surface area (Å²) in [7, 11) is 0. The number of hydrogen-bond acceptors (Lipinski definition) is 3. The first kappa shape index (κ1) is 12.8. The highest BCUT2D eigenvalue weighted by molar-refractivity contribution is 6.00. The fourth-order valence-electron chi connectivity index (χ4n) is 2.55. The minimum absolute atomic E-state index is 0.0451. The molecule has 0 saturated carbocycles. The average Bonchev–Trinajstić information content (AvgIpc) is 2.87. The molecule has 96 valence electrons. The summed E-state index contributed by atoms with van der Waals surface area (Å²) in [4.78, 5) is 25.6. The lowest BCUT2D eigenvalue weighted by Crippen LogP contribution is -2.47. The Morgan fingerprint density at radius 2 is 2.00 bits per heavy atom. The molecule has 2 N–H and O–H groups in total. The molecule has 0 bridgehead atoms. The Morgan fingerprint density at radius 1 is 1.33 bits per heavy atom. The maximum absolute atomic E-state index is 12.3. The summed E-state index contributed by atoms with van der Waals surface area (Å²) in [5, 5.41) is 0. The van der Waals surface area contributed by atoms with Gasteiger partial charge in [-0.15, -0.1) is 0 Å². The molecule has 1 aliphatic heterocycles. The van der Waals surface area contributed by atoms with E-state index in [0.717, 1.165) is 19.4 Å². The van der Waals surface area contributed by atoms with Crippen molar-refractivity contribution in [3.8, 4) is 0 Å². The van der Waals surface area contributed by atoms with Gasteiger partial charge in [0, 0.05) is 5.56 Å². The van der Waals surface area contributed by atoms with E-state index in [4.69, 9.17) is 5.73 Å². The summed E-state index contributed by atoms with van der Waals surface area (Å²) in [6.45, 7) is 2.60. The normalized spacial score (nSPS) is 21.7. The molecule has 1 saturated heterocycles. The molecule has 1 aromatic carbocycles. The number of nitrogens with zero attached hydrogens (tertiary/aromatic N) is 1. The lowest BCUT2D eigenvalue weighted by Gasteiger charge is -2.27. The van der Waals surface area contributed by atoms with Crippen LogP contribution in [0.4, 0.5) is 0 Å². The highest BCUT2D eigenvalue weighted by Crippen LogP contribution is 2.21. The Kier molecular flexibility index (Phi) is 3.77. The van der Waals surface area contributed by atoms with Gasteiger partial charge in [-0.2, -0.15) is 0 Å². The number of likely N-dealkylation sites (tertiary alicyclic amines) is 1. The SMILES string of the molecule is CC(C(=O)c1ccccc1)N1CCCC1C(N)=O. The second-order valence-corrected chi connectivity index (χ2v) is 4.70. The third-order valence-corrected chi connectivity index (χ3v) is 3.56. The number of hydrogen-bond donors (Lipinski definition) is 1. The molecule has 1 aromatic rings. The van der Waals surface area contributed by atoms with Gasteiger partial charge >= 0.3 is 0 Å². The number of ketones is 1. The van der Waals surface area contributed by atoms with Crippen molar-refractivity contribution < 1.29 is 9.59 Å². The summed E-state index contributed by atoms with van der Waals surface area (Å²) >= 11 is 0. The van der Waals surface area contributed by atoms with Gasteiger partial charge < -0.3 is 5.73 Å². The molecule has 4 nitrogen and oxygen atoms in total. The van der Waals surface area contributed by atoms with Crippen LogP contribution < -0.4 is 5.73 Å². The number of amides is 1. The monoisotopic (exact) mass is 246 g/mol. The maximum Gasteiger partial charge on any atom is 0.234 e. The van der Waals surface area contributed by atoms with Crippen molar-refractivity contribution in [2.24, 2.45) is 5.73 Å². The van der Waals surface area contributed by atoms with Gasteiger partial charge in [-0.3, -0.25) is 14.5 Å². The lowest BCUT2D eigenvalue weighted by atomic mass is 10.0. The van der Waals surface area contributed by atoms with Crippen LogP contribution in [0.2, 0.25) is 0 Å². The van der Waals surface area contributed by atoms with Crippen LogP contribution in [0.5, 0.6) is 0 Å². The van der Waals surface area contributed by atoms with Gasteiger partial charge in [0.05, 0.1) is 12.1 Å². The molecular formula is C14H18N2O2. The van der Waals surface area contributed by atoms with E-state index in [0.29, 0.717) is 5.56 Å². The van der Waals surface area contributed by atoms with E-state index >= 15 is 0 Å². The van der Waals surface area contributed by atoms with E-state index in [-0.39, 0.29) is 23.8 Å². The van der Waals surface area contributed by atoms with E-state index in [9.17, 15) is 9.59 Å². The molecular weight excluding hydrogens is 228 g/mol. The number of carbonyl (C=O) groups is 2. The summed E-state index contributed by atoms with van der Waals surface area (Å²) in [6, 6.07) is 8.57. The molecule has 1 heterocycles. The van der Waals surface area contributed by atoms with E-state index in [1.54, 1.807) is 12.1 Å². The van der Waals surface area contributed by atoms with Crippen molar-refractivity contribution in [3.63, 3.8) is 0 Å². The predicted molar refractivity (Wildman–Crippen MR) is 69.2 cm³/mol. The van der Waals surface area contributed by atoms with Gasteiger partial charge in [0.2, 0.25) is 5.91 Å². The zero-order valence-electron chi connectivity index (χ0n) is 10.5. The molecule has 0 spiro atoms. The van der Waals surface area contributed by atoms with Crippen molar-refractivity contribution in [1.82, 2.24) is 4.90 Å². The van der Waals surface area contributed by atoms with Crippen molar-refractivity contribution in [3.05, 3.63) is 35.9 Å². The Balaban J connectivity index is 2.14. The largest absolute Gasteiger partial charge is 0.368 e. The van der Waals surface area contributed by atoms with Gasteiger partial charge in [0.1, 0.15) is 0 Å². The average molecular weight is 246 g/mol. The third-order valence-electron chi connectivity index (χ3n) is 3.56. The lowest BCUT2D eigenvalue weighted by molar-refractivity contribution is -0.122. The van der Waals surface area contributed by atoms with Crippen molar-refractivity contribution in [2.45, 2.75) is 31.8 Å². The Labute approximate surface area is 107 Å². The van der Waals surface area contributed by atoms with Crippen molar-refractivity contribution >= 4 is 11.7 Å². The van der Waals surface area contributed by atoms with Crippen LogP contribution in [0.15, 0.2) is 30.3 Å². The highest BCUT2D eigenvalue weighted by Gasteiger charge is 2.35. The zero-order chi connectivity index (χ0) is 13.1. The molecule has 0 aliphatic carbocycles. The molecule has 2 rings (SSSR count). The van der Waals surface area contributed by atoms with E-state index in [2.05, 4.69) is 0 Å². The fourth-order valence-corrected chi connectivity index (χ4v) is 2.55. The van der Waals surface area contributed by atoms with Gasteiger partial charge in [-0.05, 0) is 26.3 Å². The van der Waals surface area contributed by atoms with Gasteiger partial charge in [-0.25, -0.2) is 0 Å². The second kappa shape index (κ2) is 5.31. The molecule has 1 amide bonds. The number of rotatable bonds is 4. The first-order valence-corrected chi connectivity index (χ1v) is 6.25. The summed E-state index contributed by atoms with van der Waals surface area (Å²) in [5.41, 5.74) is 6.05. The fraction of sp³-hybridized carbons (Fsp3) is 0.429. The minimum atomic E-state index is -0.333. The molecule has 0 aromatic heterocycles. The summed E-state index contributed by atoms with van der Waals surface area (Å²) in [6.07, 6.45) is 1.67. The Bertz CT molecular complexity index is 444. The molecule has 2 atom stereocenters. The maximum atomic E-state index is 12.3. The predicted octanol–water partition coefficient (Wildman–Crippen LogP) is 1.21. The molecule has 18 heavy (non-hydrogen) atoms. The van der Waals surface area contributed by atoms with Crippen LogP contribution in [0.3, 0.4) is 0 Å². The van der Waals surface area contributed by atoms with Crippen LogP contribution in [-0.4, -0.2) is 35.2 Å². The number of Topliss-reactive ketones (excluding diaryl/α,β-unsaturated/α-hetero) is 1. The molecule has 4 heteroatoms. The Morgan fingerprint density at radius 3 is 2.61 bits per heavy atom. The van der Waals surface area contributed by atoms with E-state index in [1.807, 2.05) is 30.0 Å². The quantitative estimate of drug-likeness (QED) is 0.812. The second-order valence-electron chi connectivity index (χ2n) is 4.70. The summed E-state index contributed by atoms with van der Waals surface area (Å²) < 4.78 is 0. The van der Waals surface area contributed by atoms with E-state index < -0.39 is 0 Å². The number of nitrogens with two attached hydrogens (primary N) is 1. The molecule has 0 radical (unpaired) electrons. The van der Waals surface area contributed by atoms with Crippen LogP contribution in [0.25, 0.3) is 0 Å². The smallest absolute Gasteiger partial charge is 0.234 e. The standard InChI is InChI=1S/C14H18N2O2/c1-10(13(17)11-6-3-2-4-7-11)16-9-5-8-12(16)14(15)18/h2-4,6-7,10,12H,5,8-9H2,1H3,(H2,15,18). The topological polar surface area (TPSA) is 63.4 Å². The highest BCUT2D eigenvalue weighted by atomic mass is 16.1. The van der Waals surface area contributed by atoms with Gasteiger partial charge in [0.25, 0.3) is 0 Å². The van der Waals surface area contributed by atoms with Crippen LogP contribution >= 0.6 is 0 Å². The first-order valence-electron chi connectivity index (χ1n) is 6.25. The minimum Gasteiger partial charge on any atom is -0.368 e. The van der Waals surface area contributed by atoms with Crippen LogP contribution in [0.1, 0.15) is 30.1 Å². The molecule has 1 aliphatic rings. The molecule has 1 fully saturated rings. The number of carbonyl (C=O) groups excluding carboxylic acids is 2. The summed E-state index contributed by atoms with van der Waals surface area (Å²) in [5.74, 6) is -0.288. The van der Waals surface area contributed by atoms with Crippen molar-refractivity contribution in [1.29, 1.82) is 0 Å².